The molecule has 4 rings (SSSR count). The van der Waals surface area contributed by atoms with Crippen molar-refractivity contribution < 1.29 is 9.59 Å². The molecule has 0 fully saturated rings. The van der Waals surface area contributed by atoms with E-state index in [0.717, 1.165) is 33.2 Å². The van der Waals surface area contributed by atoms with Crippen LogP contribution in [-0.4, -0.2) is 33.9 Å². The summed E-state index contributed by atoms with van der Waals surface area (Å²) in [6.07, 6.45) is 0. The van der Waals surface area contributed by atoms with Crippen LogP contribution in [0.1, 0.15) is 16.8 Å². The van der Waals surface area contributed by atoms with Gasteiger partial charge in [0.25, 0.3) is 0 Å². The van der Waals surface area contributed by atoms with Gasteiger partial charge in [-0.05, 0) is 44.5 Å². The fourth-order valence-corrected chi connectivity index (χ4v) is 4.55. The van der Waals surface area contributed by atoms with Crippen LogP contribution in [0.15, 0.2) is 53.6 Å². The van der Waals surface area contributed by atoms with E-state index in [0.29, 0.717) is 5.69 Å². The van der Waals surface area contributed by atoms with E-state index in [1.165, 1.54) is 11.8 Å². The smallest absolute Gasteiger partial charge is 0.244 e. The molecule has 0 radical (unpaired) electrons. The van der Waals surface area contributed by atoms with Gasteiger partial charge in [0.15, 0.2) is 0 Å². The van der Waals surface area contributed by atoms with E-state index < -0.39 is 0 Å². The van der Waals surface area contributed by atoms with Gasteiger partial charge in [0.1, 0.15) is 11.6 Å². The zero-order chi connectivity index (χ0) is 20.5. The van der Waals surface area contributed by atoms with E-state index in [-0.39, 0.29) is 24.1 Å². The number of para-hydroxylation sites is 1. The SMILES string of the molecule is Cc1ccc(NC(=O)CN2C(=O)CSc3c2c(C)nn3-c2ccccc2)c(C)c1. The molecule has 6 nitrogen and oxygen atoms in total. The fraction of sp³-hybridized carbons (Fsp3) is 0.227. The number of carbonyl (C=O) groups excluding carboxylic acids is 2. The third-order valence-electron chi connectivity index (χ3n) is 4.85. The number of nitrogens with zero attached hydrogens (tertiary/aromatic N) is 3. The molecule has 2 amide bonds. The molecule has 148 valence electrons. The Kier molecular flexibility index (Phi) is 5.15. The van der Waals surface area contributed by atoms with Crippen molar-refractivity contribution in [2.75, 3.05) is 22.5 Å². The Morgan fingerprint density at radius 3 is 2.62 bits per heavy atom. The van der Waals surface area contributed by atoms with Crippen molar-refractivity contribution in [2.24, 2.45) is 0 Å². The van der Waals surface area contributed by atoms with Crippen LogP contribution in [0, 0.1) is 20.8 Å². The summed E-state index contributed by atoms with van der Waals surface area (Å²) < 4.78 is 1.84. The summed E-state index contributed by atoms with van der Waals surface area (Å²) in [6.45, 7) is 5.79. The lowest BCUT2D eigenvalue weighted by atomic mass is 10.1. The first kappa shape index (κ1) is 19.3. The Labute approximate surface area is 173 Å². The van der Waals surface area contributed by atoms with E-state index in [1.807, 2.05) is 74.0 Å². The van der Waals surface area contributed by atoms with Crippen molar-refractivity contribution in [2.45, 2.75) is 25.8 Å². The Bertz CT molecular complexity index is 1090. The van der Waals surface area contributed by atoms with Gasteiger partial charge in [0, 0.05) is 5.69 Å². The number of aromatic nitrogens is 2. The Hall–Kier alpha value is -3.06. The van der Waals surface area contributed by atoms with Crippen molar-refractivity contribution in [3.63, 3.8) is 0 Å². The number of thioether (sulfide) groups is 1. The highest BCUT2D eigenvalue weighted by molar-refractivity contribution is 8.00. The minimum atomic E-state index is -0.227. The quantitative estimate of drug-likeness (QED) is 0.714. The van der Waals surface area contributed by atoms with Crippen LogP contribution in [0.25, 0.3) is 5.69 Å². The van der Waals surface area contributed by atoms with Gasteiger partial charge in [0.05, 0.1) is 22.8 Å². The van der Waals surface area contributed by atoms with Crippen molar-refractivity contribution in [3.8, 4) is 5.69 Å². The topological polar surface area (TPSA) is 67.2 Å². The number of rotatable bonds is 4. The summed E-state index contributed by atoms with van der Waals surface area (Å²) in [7, 11) is 0. The number of hydrogen-bond donors (Lipinski definition) is 1. The average molecular weight is 407 g/mol. The number of fused-ring (bicyclic) bond motifs is 1. The summed E-state index contributed by atoms with van der Waals surface area (Å²) in [4.78, 5) is 26.9. The van der Waals surface area contributed by atoms with Crippen molar-refractivity contribution >= 4 is 35.0 Å². The Morgan fingerprint density at radius 1 is 1.14 bits per heavy atom. The Morgan fingerprint density at radius 2 is 1.90 bits per heavy atom. The van der Waals surface area contributed by atoms with Crippen LogP contribution in [0.2, 0.25) is 0 Å². The zero-order valence-electron chi connectivity index (χ0n) is 16.6. The second kappa shape index (κ2) is 7.75. The number of carbonyl (C=O) groups is 2. The molecule has 3 aromatic rings. The van der Waals surface area contributed by atoms with Gasteiger partial charge >= 0.3 is 0 Å². The molecular formula is C22H22N4O2S. The number of aryl methyl sites for hydroxylation is 3. The molecule has 0 bridgehead atoms. The molecule has 2 aromatic carbocycles. The second-order valence-electron chi connectivity index (χ2n) is 7.12. The maximum Gasteiger partial charge on any atom is 0.244 e. The number of anilines is 2. The van der Waals surface area contributed by atoms with E-state index in [9.17, 15) is 9.59 Å². The van der Waals surface area contributed by atoms with Crippen LogP contribution in [0.4, 0.5) is 11.4 Å². The number of hydrogen-bond acceptors (Lipinski definition) is 4. The number of amides is 2. The van der Waals surface area contributed by atoms with Crippen LogP contribution in [0.3, 0.4) is 0 Å². The van der Waals surface area contributed by atoms with Crippen molar-refractivity contribution in [1.29, 1.82) is 0 Å². The minimum absolute atomic E-state index is 0.0406. The lowest BCUT2D eigenvalue weighted by molar-refractivity contribution is -0.120. The standard InChI is InChI=1S/C22H22N4O2S/c1-14-9-10-18(15(2)11-14)23-19(27)12-25-20(28)13-29-22-21(25)16(3)24-26(22)17-7-5-4-6-8-17/h4-11H,12-13H2,1-3H3,(H,23,27). The molecule has 0 atom stereocenters. The van der Waals surface area contributed by atoms with Crippen LogP contribution >= 0.6 is 11.8 Å². The van der Waals surface area contributed by atoms with E-state index in [1.54, 1.807) is 4.90 Å². The highest BCUT2D eigenvalue weighted by Crippen LogP contribution is 2.39. The van der Waals surface area contributed by atoms with Gasteiger partial charge in [-0.25, -0.2) is 4.68 Å². The molecule has 29 heavy (non-hydrogen) atoms. The summed E-state index contributed by atoms with van der Waals surface area (Å²) in [5.41, 5.74) is 5.26. The number of benzene rings is 2. The highest BCUT2D eigenvalue weighted by Gasteiger charge is 2.32. The molecule has 7 heteroatoms. The maximum absolute atomic E-state index is 12.7. The molecule has 1 aliphatic rings. The lowest BCUT2D eigenvalue weighted by Gasteiger charge is -2.27. The first-order chi connectivity index (χ1) is 13.9. The summed E-state index contributed by atoms with van der Waals surface area (Å²) in [5.74, 6) is -0.0362. The predicted molar refractivity (Wildman–Crippen MR) is 116 cm³/mol. The molecule has 1 aromatic heterocycles. The van der Waals surface area contributed by atoms with Gasteiger partial charge in [-0.1, -0.05) is 47.7 Å². The average Bonchev–Trinajstić information content (AvgIpc) is 3.04. The van der Waals surface area contributed by atoms with Crippen LogP contribution in [0.5, 0.6) is 0 Å². The monoisotopic (exact) mass is 406 g/mol. The molecule has 0 aliphatic carbocycles. The van der Waals surface area contributed by atoms with Gasteiger partial charge in [-0.2, -0.15) is 5.10 Å². The first-order valence-electron chi connectivity index (χ1n) is 9.39. The van der Waals surface area contributed by atoms with Crippen molar-refractivity contribution in [1.82, 2.24) is 9.78 Å². The third-order valence-corrected chi connectivity index (χ3v) is 5.88. The minimum Gasteiger partial charge on any atom is -0.324 e. The second-order valence-corrected chi connectivity index (χ2v) is 8.09. The maximum atomic E-state index is 12.7. The highest BCUT2D eigenvalue weighted by atomic mass is 32.2. The van der Waals surface area contributed by atoms with Gasteiger partial charge in [-0.3, -0.25) is 14.5 Å². The molecule has 1 aliphatic heterocycles. The summed E-state index contributed by atoms with van der Waals surface area (Å²) in [6, 6.07) is 15.7. The molecule has 0 spiro atoms. The van der Waals surface area contributed by atoms with Gasteiger partial charge in [-0.15, -0.1) is 0 Å². The number of nitrogens with one attached hydrogen (secondary N) is 1. The van der Waals surface area contributed by atoms with Gasteiger partial charge < -0.3 is 5.32 Å². The van der Waals surface area contributed by atoms with E-state index >= 15 is 0 Å². The van der Waals surface area contributed by atoms with Gasteiger partial charge in [0.2, 0.25) is 11.8 Å². The largest absolute Gasteiger partial charge is 0.324 e. The molecule has 1 N–H and O–H groups in total. The molecular weight excluding hydrogens is 384 g/mol. The molecule has 2 heterocycles. The summed E-state index contributed by atoms with van der Waals surface area (Å²) >= 11 is 1.46. The van der Waals surface area contributed by atoms with E-state index in [4.69, 9.17) is 0 Å². The summed E-state index contributed by atoms with van der Waals surface area (Å²) in [5, 5.41) is 8.44. The van der Waals surface area contributed by atoms with Crippen molar-refractivity contribution in [3.05, 3.63) is 65.4 Å². The fourth-order valence-electron chi connectivity index (χ4n) is 3.47. The predicted octanol–water partition coefficient (Wildman–Crippen LogP) is 3.87. The van der Waals surface area contributed by atoms with E-state index in [2.05, 4.69) is 10.4 Å². The first-order valence-corrected chi connectivity index (χ1v) is 10.4. The molecule has 0 unspecified atom stereocenters. The third kappa shape index (κ3) is 3.78. The Balaban J connectivity index is 1.61. The normalized spacial score (nSPS) is 13.3. The molecule has 0 saturated carbocycles. The van der Waals surface area contributed by atoms with Crippen LogP contribution in [-0.2, 0) is 9.59 Å². The zero-order valence-corrected chi connectivity index (χ0v) is 17.4. The lowest BCUT2D eigenvalue weighted by Crippen LogP contribution is -2.41. The van der Waals surface area contributed by atoms with Crippen LogP contribution < -0.4 is 10.2 Å². The molecule has 0 saturated heterocycles.